The van der Waals surface area contributed by atoms with Crippen LogP contribution in [0.2, 0.25) is 0 Å². The number of primary amides is 1. The number of ether oxygens (including phenoxy) is 2. The molecule has 2 aromatic rings. The molecule has 4 unspecified atom stereocenters. The van der Waals surface area contributed by atoms with E-state index in [0.717, 1.165) is 0 Å². The second-order valence-corrected chi connectivity index (χ2v) is 10.9. The Kier molecular flexibility index (Phi) is 8.99. The maximum absolute atomic E-state index is 13.9. The number of hydrogen-bond acceptors (Lipinski definition) is 8. The largest absolute Gasteiger partial charge is 0.480 e. The van der Waals surface area contributed by atoms with E-state index >= 15 is 0 Å². The molecule has 0 radical (unpaired) electrons. The van der Waals surface area contributed by atoms with Crippen LogP contribution >= 0.6 is 0 Å². The first-order valence-corrected chi connectivity index (χ1v) is 12.7. The lowest BCUT2D eigenvalue weighted by Gasteiger charge is -2.42. The number of esters is 2. The molecule has 1 aliphatic heterocycles. The number of aldehydes is 1. The Bertz CT molecular complexity index is 1290. The molecule has 4 N–H and O–H groups in total. The summed E-state index contributed by atoms with van der Waals surface area (Å²) in [5, 5.41) is 13.2. The highest BCUT2D eigenvalue weighted by molar-refractivity contribution is 5.93. The van der Waals surface area contributed by atoms with Gasteiger partial charge in [-0.15, -0.1) is 0 Å². The Morgan fingerprint density at radius 2 is 1.80 bits per heavy atom. The van der Waals surface area contributed by atoms with Crippen LogP contribution in [0.4, 0.5) is 10.5 Å². The first-order chi connectivity index (χ1) is 18.7. The molecule has 0 aromatic heterocycles. The summed E-state index contributed by atoms with van der Waals surface area (Å²) in [7, 11) is 1.23. The third kappa shape index (κ3) is 6.15. The number of carbonyl (C=O) groups excluding carboxylic acids is 4. The van der Waals surface area contributed by atoms with Gasteiger partial charge in [-0.05, 0) is 45.2 Å². The fourth-order valence-corrected chi connectivity index (χ4v) is 5.36. The first kappa shape index (κ1) is 30.3. The zero-order chi connectivity index (χ0) is 29.8. The topological polar surface area (TPSA) is 165 Å². The van der Waals surface area contributed by atoms with Crippen molar-refractivity contribution in [2.45, 2.75) is 63.8 Å². The fourth-order valence-electron chi connectivity index (χ4n) is 5.36. The van der Waals surface area contributed by atoms with Crippen molar-refractivity contribution >= 4 is 35.9 Å². The average Bonchev–Trinajstić information content (AvgIpc) is 3.19. The van der Waals surface area contributed by atoms with Crippen LogP contribution in [-0.2, 0) is 35.1 Å². The molecule has 1 fully saturated rings. The number of methoxy groups -OCH3 is 1. The second-order valence-electron chi connectivity index (χ2n) is 10.9. The Morgan fingerprint density at radius 1 is 1.15 bits per heavy atom. The Hall–Kier alpha value is -4.25. The zero-order valence-electron chi connectivity index (χ0n) is 23.2. The normalized spacial score (nSPS) is 21.7. The summed E-state index contributed by atoms with van der Waals surface area (Å²) in [5.41, 5.74) is 3.88. The number of nitrogens with zero attached hydrogens (tertiary/aromatic N) is 1. The highest BCUT2D eigenvalue weighted by Crippen LogP contribution is 2.53. The average molecular weight is 554 g/mol. The Morgan fingerprint density at radius 3 is 2.33 bits per heavy atom. The minimum atomic E-state index is -1.64. The maximum atomic E-state index is 13.9. The van der Waals surface area contributed by atoms with Crippen LogP contribution in [0.3, 0.4) is 0 Å². The van der Waals surface area contributed by atoms with Crippen molar-refractivity contribution in [1.82, 2.24) is 4.90 Å². The standard InChI is InChI=1S/C29H35N3O8/c1-28(2,3)40-26(37)29(4)16-20(25(36)39-5)22(18-10-7-6-8-11-18)32(29)23(24(34)35)19-13-9-12-17(14-15-33)21(19)31-27(30)38/h6-13,15,20,22-23H,14,16H2,1-5H3,(H,34,35)(H3,30,31,38). The highest BCUT2D eigenvalue weighted by atomic mass is 16.6. The maximum Gasteiger partial charge on any atom is 0.326 e. The smallest absolute Gasteiger partial charge is 0.326 e. The number of carbonyl (C=O) groups is 5. The Labute approximate surface area is 232 Å². The SMILES string of the molecule is COC(=O)C1CC(C)(C(=O)OC(C)(C)C)N(C(C(=O)O)c2cccc(CC=O)c2NC(N)=O)C1c1ccccc1. The first-order valence-electron chi connectivity index (χ1n) is 12.7. The van der Waals surface area contributed by atoms with E-state index in [4.69, 9.17) is 15.2 Å². The van der Waals surface area contributed by atoms with E-state index in [1.54, 1.807) is 63.2 Å². The molecule has 1 aliphatic rings. The second kappa shape index (κ2) is 11.9. The minimum Gasteiger partial charge on any atom is -0.480 e. The molecule has 3 rings (SSSR count). The predicted molar refractivity (Wildman–Crippen MR) is 145 cm³/mol. The molecule has 0 bridgehead atoms. The summed E-state index contributed by atoms with van der Waals surface area (Å²) in [6.07, 6.45) is 0.373. The van der Waals surface area contributed by atoms with Crippen molar-refractivity contribution in [2.75, 3.05) is 12.4 Å². The molecule has 1 saturated heterocycles. The quantitative estimate of drug-likeness (QED) is 0.312. The molecular formula is C29H35N3O8. The molecule has 11 nitrogen and oxygen atoms in total. The van der Waals surface area contributed by atoms with Gasteiger partial charge in [-0.1, -0.05) is 48.5 Å². The van der Waals surface area contributed by atoms with Gasteiger partial charge in [-0.25, -0.2) is 4.79 Å². The Balaban J connectivity index is 2.39. The zero-order valence-corrected chi connectivity index (χ0v) is 23.2. The molecule has 2 amide bonds. The summed E-state index contributed by atoms with van der Waals surface area (Å²) < 4.78 is 10.9. The van der Waals surface area contributed by atoms with E-state index in [-0.39, 0.29) is 24.1 Å². The van der Waals surface area contributed by atoms with Gasteiger partial charge in [0.25, 0.3) is 0 Å². The lowest BCUT2D eigenvalue weighted by molar-refractivity contribution is -0.172. The van der Waals surface area contributed by atoms with Gasteiger partial charge in [0.15, 0.2) is 0 Å². The van der Waals surface area contributed by atoms with E-state index < -0.39 is 53.1 Å². The third-order valence-electron chi connectivity index (χ3n) is 6.89. The van der Waals surface area contributed by atoms with Crippen molar-refractivity contribution in [3.8, 4) is 0 Å². The van der Waals surface area contributed by atoms with E-state index in [1.807, 2.05) is 0 Å². The molecule has 40 heavy (non-hydrogen) atoms. The number of nitrogens with one attached hydrogen (secondary N) is 1. The van der Waals surface area contributed by atoms with Crippen LogP contribution in [0.15, 0.2) is 48.5 Å². The molecule has 4 atom stereocenters. The summed E-state index contributed by atoms with van der Waals surface area (Å²) in [6.45, 7) is 6.60. The number of carboxylic acid groups (broad SMARTS) is 1. The molecule has 0 aliphatic carbocycles. The highest BCUT2D eigenvalue weighted by Gasteiger charge is 2.61. The van der Waals surface area contributed by atoms with Gasteiger partial charge >= 0.3 is 23.9 Å². The summed E-state index contributed by atoms with van der Waals surface area (Å²) >= 11 is 0. The third-order valence-corrected chi connectivity index (χ3v) is 6.89. The van der Waals surface area contributed by atoms with Crippen molar-refractivity contribution in [1.29, 1.82) is 0 Å². The van der Waals surface area contributed by atoms with Crippen LogP contribution in [0.1, 0.15) is 62.9 Å². The lowest BCUT2D eigenvalue weighted by Crippen LogP contribution is -2.54. The van der Waals surface area contributed by atoms with Crippen molar-refractivity contribution in [2.24, 2.45) is 11.7 Å². The summed E-state index contributed by atoms with van der Waals surface area (Å²) in [4.78, 5) is 65.0. The van der Waals surface area contributed by atoms with Gasteiger partial charge in [0, 0.05) is 12.0 Å². The van der Waals surface area contributed by atoms with Gasteiger partial charge in [-0.2, -0.15) is 0 Å². The van der Waals surface area contributed by atoms with Gasteiger partial charge in [0.1, 0.15) is 23.5 Å². The van der Waals surface area contributed by atoms with Crippen LogP contribution in [0.25, 0.3) is 0 Å². The molecule has 1 heterocycles. The van der Waals surface area contributed by atoms with E-state index in [0.29, 0.717) is 17.4 Å². The molecule has 0 saturated carbocycles. The van der Waals surface area contributed by atoms with Crippen LogP contribution < -0.4 is 11.1 Å². The van der Waals surface area contributed by atoms with Crippen molar-refractivity contribution < 1.29 is 38.6 Å². The van der Waals surface area contributed by atoms with E-state index in [1.165, 1.54) is 25.0 Å². The monoisotopic (exact) mass is 553 g/mol. The summed E-state index contributed by atoms with van der Waals surface area (Å²) in [6, 6.07) is 9.81. The number of amides is 2. The van der Waals surface area contributed by atoms with Gasteiger partial charge in [-0.3, -0.25) is 19.3 Å². The molecule has 2 aromatic carbocycles. The van der Waals surface area contributed by atoms with Gasteiger partial charge in [0.05, 0.1) is 24.8 Å². The van der Waals surface area contributed by atoms with E-state index in [9.17, 15) is 29.1 Å². The van der Waals surface area contributed by atoms with Crippen LogP contribution in [-0.4, -0.2) is 58.5 Å². The number of hydrogen-bond donors (Lipinski definition) is 3. The fraction of sp³-hybridized carbons (Fsp3) is 0.414. The van der Waals surface area contributed by atoms with Crippen LogP contribution in [0, 0.1) is 5.92 Å². The van der Waals surface area contributed by atoms with Crippen molar-refractivity contribution in [3.63, 3.8) is 0 Å². The van der Waals surface area contributed by atoms with Gasteiger partial charge in [0.2, 0.25) is 0 Å². The number of benzene rings is 2. The molecule has 214 valence electrons. The number of anilines is 1. The van der Waals surface area contributed by atoms with E-state index in [2.05, 4.69) is 5.32 Å². The summed E-state index contributed by atoms with van der Waals surface area (Å²) in [5.74, 6) is -3.66. The van der Waals surface area contributed by atoms with Crippen LogP contribution in [0.5, 0.6) is 0 Å². The number of nitrogens with two attached hydrogens (primary N) is 1. The number of carboxylic acids is 1. The van der Waals surface area contributed by atoms with Crippen molar-refractivity contribution in [3.05, 3.63) is 65.2 Å². The predicted octanol–water partition coefficient (Wildman–Crippen LogP) is 3.38. The number of rotatable bonds is 9. The minimum absolute atomic E-state index is 0.0365. The molecule has 0 spiro atoms. The number of likely N-dealkylation sites (tertiary alicyclic amines) is 1. The number of urea groups is 1. The number of aliphatic carboxylic acids is 1. The molecular weight excluding hydrogens is 518 g/mol. The lowest BCUT2D eigenvalue weighted by atomic mass is 9.90. The number of para-hydroxylation sites is 1. The van der Waals surface area contributed by atoms with Gasteiger partial charge < -0.3 is 30.4 Å². The molecule has 11 heteroatoms.